The molecular formula is C13H18BrN3S. The number of hydrogen-bond donors (Lipinski definition) is 0. The molecule has 0 spiro atoms. The highest BCUT2D eigenvalue weighted by Gasteiger charge is 2.21. The molecule has 0 aliphatic heterocycles. The quantitative estimate of drug-likeness (QED) is 0.793. The van der Waals surface area contributed by atoms with Crippen LogP contribution in [0.2, 0.25) is 0 Å². The lowest BCUT2D eigenvalue weighted by molar-refractivity contribution is 0.545. The Hall–Kier alpha value is -0.550. The highest BCUT2D eigenvalue weighted by Crippen LogP contribution is 2.30. The van der Waals surface area contributed by atoms with Gasteiger partial charge in [0.1, 0.15) is 0 Å². The maximum absolute atomic E-state index is 4.76. The van der Waals surface area contributed by atoms with Gasteiger partial charge in [-0.3, -0.25) is 4.40 Å². The van der Waals surface area contributed by atoms with Crippen LogP contribution in [0.1, 0.15) is 31.4 Å². The molecule has 18 heavy (non-hydrogen) atoms. The van der Waals surface area contributed by atoms with Gasteiger partial charge in [0.15, 0.2) is 10.8 Å². The number of nitrogens with zero attached hydrogens (tertiary/aromatic N) is 3. The van der Waals surface area contributed by atoms with Gasteiger partial charge in [-0.05, 0) is 18.8 Å². The molecule has 3 rings (SSSR count). The summed E-state index contributed by atoms with van der Waals surface area (Å²) >= 11 is 5.29. The number of fused-ring (bicyclic) bond motifs is 1. The second-order valence-electron chi connectivity index (χ2n) is 5.10. The van der Waals surface area contributed by atoms with Crippen LogP contribution in [0.4, 0.5) is 5.82 Å². The van der Waals surface area contributed by atoms with Crippen molar-refractivity contribution in [3.8, 4) is 0 Å². The number of aromatic nitrogens is 2. The number of halogens is 1. The second-order valence-corrected chi connectivity index (χ2v) is 6.54. The van der Waals surface area contributed by atoms with Gasteiger partial charge in [0, 0.05) is 30.5 Å². The van der Waals surface area contributed by atoms with Crippen LogP contribution in [0, 0.1) is 5.92 Å². The molecule has 5 heteroatoms. The van der Waals surface area contributed by atoms with Crippen molar-refractivity contribution in [1.29, 1.82) is 0 Å². The van der Waals surface area contributed by atoms with E-state index in [0.717, 1.165) is 28.6 Å². The lowest BCUT2D eigenvalue weighted by Crippen LogP contribution is -2.25. The third kappa shape index (κ3) is 2.18. The lowest BCUT2D eigenvalue weighted by Gasteiger charge is -2.21. The highest BCUT2D eigenvalue weighted by molar-refractivity contribution is 9.08. The summed E-state index contributed by atoms with van der Waals surface area (Å²) in [4.78, 5) is 8.20. The Morgan fingerprint density at radius 2 is 2.28 bits per heavy atom. The predicted molar refractivity (Wildman–Crippen MR) is 80.9 cm³/mol. The van der Waals surface area contributed by atoms with Gasteiger partial charge in [0.2, 0.25) is 0 Å². The van der Waals surface area contributed by atoms with Crippen molar-refractivity contribution in [3.05, 3.63) is 17.3 Å². The van der Waals surface area contributed by atoms with Crippen molar-refractivity contribution in [1.82, 2.24) is 9.38 Å². The fraction of sp³-hybridized carbons (Fsp3) is 0.615. The zero-order chi connectivity index (χ0) is 12.5. The Kier molecular flexibility index (Phi) is 3.61. The lowest BCUT2D eigenvalue weighted by atomic mass is 10.1. The number of alkyl halides is 1. The summed E-state index contributed by atoms with van der Waals surface area (Å²) in [6.45, 7) is 1.14. The highest BCUT2D eigenvalue weighted by atomic mass is 79.9. The first-order valence-electron chi connectivity index (χ1n) is 6.51. The average molecular weight is 328 g/mol. The number of thiazole rings is 1. The van der Waals surface area contributed by atoms with Gasteiger partial charge in [-0.1, -0.05) is 28.8 Å². The zero-order valence-corrected chi connectivity index (χ0v) is 13.0. The van der Waals surface area contributed by atoms with Crippen molar-refractivity contribution < 1.29 is 0 Å². The second kappa shape index (κ2) is 5.21. The number of anilines is 1. The third-order valence-corrected chi connectivity index (χ3v) is 5.12. The molecule has 98 valence electrons. The number of rotatable bonds is 4. The first-order chi connectivity index (χ1) is 8.79. The van der Waals surface area contributed by atoms with Crippen LogP contribution in [0.5, 0.6) is 0 Å². The number of hydrogen-bond acceptors (Lipinski definition) is 3. The topological polar surface area (TPSA) is 20.5 Å². The van der Waals surface area contributed by atoms with Crippen molar-refractivity contribution in [2.75, 3.05) is 18.5 Å². The molecule has 1 fully saturated rings. The van der Waals surface area contributed by atoms with Crippen molar-refractivity contribution in [2.24, 2.45) is 5.92 Å². The average Bonchev–Trinajstić information content (AvgIpc) is 3.03. The zero-order valence-electron chi connectivity index (χ0n) is 10.6. The van der Waals surface area contributed by atoms with Gasteiger partial charge in [-0.2, -0.15) is 0 Å². The van der Waals surface area contributed by atoms with Crippen molar-refractivity contribution in [3.63, 3.8) is 0 Å². The van der Waals surface area contributed by atoms with E-state index in [9.17, 15) is 0 Å². The summed E-state index contributed by atoms with van der Waals surface area (Å²) in [6, 6.07) is 0. The van der Waals surface area contributed by atoms with E-state index >= 15 is 0 Å². The van der Waals surface area contributed by atoms with E-state index in [1.165, 1.54) is 31.4 Å². The van der Waals surface area contributed by atoms with Gasteiger partial charge >= 0.3 is 0 Å². The fourth-order valence-electron chi connectivity index (χ4n) is 2.92. The summed E-state index contributed by atoms with van der Waals surface area (Å²) in [7, 11) is 2.18. The molecular weight excluding hydrogens is 310 g/mol. The van der Waals surface area contributed by atoms with E-state index in [1.54, 1.807) is 11.3 Å². The smallest absolute Gasteiger partial charge is 0.195 e. The van der Waals surface area contributed by atoms with Crippen LogP contribution in [0.3, 0.4) is 0 Å². The Balaban J connectivity index is 1.85. The Bertz CT molecular complexity index is 527. The maximum atomic E-state index is 4.76. The molecule has 1 aliphatic carbocycles. The molecule has 0 N–H and O–H groups in total. The monoisotopic (exact) mass is 327 g/mol. The van der Waals surface area contributed by atoms with Crippen LogP contribution in [-0.4, -0.2) is 23.0 Å². The molecule has 0 saturated heterocycles. The summed E-state index contributed by atoms with van der Waals surface area (Å²) in [5.74, 6) is 2.00. The van der Waals surface area contributed by atoms with Crippen LogP contribution >= 0.6 is 27.3 Å². The Morgan fingerprint density at radius 3 is 3.00 bits per heavy atom. The molecule has 0 amide bonds. The van der Waals surface area contributed by atoms with Crippen LogP contribution in [-0.2, 0) is 5.33 Å². The first kappa shape index (κ1) is 12.5. The summed E-state index contributed by atoms with van der Waals surface area (Å²) in [6.07, 6.45) is 7.69. The van der Waals surface area contributed by atoms with Crippen molar-refractivity contribution in [2.45, 2.75) is 31.0 Å². The van der Waals surface area contributed by atoms with Crippen LogP contribution in [0.15, 0.2) is 11.6 Å². The fourth-order valence-corrected chi connectivity index (χ4v) is 4.17. The third-order valence-electron chi connectivity index (χ3n) is 3.83. The van der Waals surface area contributed by atoms with E-state index in [1.807, 2.05) is 0 Å². The molecule has 0 bridgehead atoms. The minimum atomic E-state index is 0.856. The molecule has 1 saturated carbocycles. The SMILES string of the molecule is CN(CC1CCCC1)c1nc2sccn2c1CBr. The Labute approximate surface area is 120 Å². The van der Waals surface area contributed by atoms with E-state index in [0.29, 0.717) is 0 Å². The summed E-state index contributed by atoms with van der Waals surface area (Å²) < 4.78 is 2.19. The minimum Gasteiger partial charge on any atom is -0.358 e. The molecule has 0 aromatic carbocycles. The Morgan fingerprint density at radius 1 is 1.50 bits per heavy atom. The molecule has 0 radical (unpaired) electrons. The summed E-state index contributed by atoms with van der Waals surface area (Å²) in [5, 5.41) is 2.95. The number of imidazole rings is 1. The predicted octanol–water partition coefficient (Wildman–Crippen LogP) is 3.92. The minimum absolute atomic E-state index is 0.856. The van der Waals surface area contributed by atoms with Crippen LogP contribution in [0.25, 0.3) is 4.96 Å². The van der Waals surface area contributed by atoms with Gasteiger partial charge in [0.05, 0.1) is 5.69 Å². The van der Waals surface area contributed by atoms with E-state index in [-0.39, 0.29) is 0 Å². The van der Waals surface area contributed by atoms with E-state index in [2.05, 4.69) is 43.9 Å². The molecule has 3 nitrogen and oxygen atoms in total. The molecule has 2 heterocycles. The van der Waals surface area contributed by atoms with E-state index < -0.39 is 0 Å². The van der Waals surface area contributed by atoms with Gasteiger partial charge in [-0.15, -0.1) is 11.3 Å². The van der Waals surface area contributed by atoms with E-state index in [4.69, 9.17) is 4.98 Å². The van der Waals surface area contributed by atoms with Crippen LogP contribution < -0.4 is 4.90 Å². The molecule has 2 aromatic heterocycles. The van der Waals surface area contributed by atoms with Crippen molar-refractivity contribution >= 4 is 38.0 Å². The first-order valence-corrected chi connectivity index (χ1v) is 8.51. The molecule has 0 atom stereocenters. The normalized spacial score (nSPS) is 16.8. The van der Waals surface area contributed by atoms with Gasteiger partial charge in [0.25, 0.3) is 0 Å². The summed E-state index contributed by atoms with van der Waals surface area (Å²) in [5.41, 5.74) is 1.27. The molecule has 0 unspecified atom stereocenters. The molecule has 2 aromatic rings. The van der Waals surface area contributed by atoms with Gasteiger partial charge < -0.3 is 4.90 Å². The maximum Gasteiger partial charge on any atom is 0.195 e. The standard InChI is InChI=1S/C13H18BrN3S/c1-16(9-10-4-2-3-5-10)12-11(8-14)17-6-7-18-13(17)15-12/h6-7,10H,2-5,8-9H2,1H3. The van der Waals surface area contributed by atoms with Gasteiger partial charge in [-0.25, -0.2) is 4.98 Å². The molecule has 1 aliphatic rings. The largest absolute Gasteiger partial charge is 0.358 e.